The van der Waals surface area contributed by atoms with Gasteiger partial charge >= 0.3 is 0 Å². The number of allylic oxidation sites excluding steroid dienone is 4. The molecule has 12 rings (SSSR count). The Bertz CT molecular complexity index is 3450. The van der Waals surface area contributed by atoms with E-state index in [1.54, 1.807) is 5.57 Å². The summed E-state index contributed by atoms with van der Waals surface area (Å²) in [6.45, 7) is 25.9. The van der Waals surface area contributed by atoms with E-state index in [0.717, 1.165) is 40.5 Å². The highest BCUT2D eigenvalue weighted by Gasteiger charge is 2.45. The summed E-state index contributed by atoms with van der Waals surface area (Å²) in [5.41, 5.74) is 25.3. The fourth-order valence-corrected chi connectivity index (χ4v) is 11.9. The van der Waals surface area contributed by atoms with E-state index in [1.165, 1.54) is 89.4 Å². The van der Waals surface area contributed by atoms with Crippen LogP contribution in [0.3, 0.4) is 0 Å². The van der Waals surface area contributed by atoms with E-state index >= 15 is 0 Å². The van der Waals surface area contributed by atoms with Crippen LogP contribution in [0.5, 0.6) is 0 Å². The number of rotatable bonds is 3. The Balaban J connectivity index is 1.10. The molecule has 0 N–H and O–H groups in total. The third kappa shape index (κ3) is 6.31. The molecule has 7 aromatic carbocycles. The van der Waals surface area contributed by atoms with E-state index in [-0.39, 0.29) is 28.4 Å². The zero-order chi connectivity index (χ0) is 46.5. The summed E-state index contributed by atoms with van der Waals surface area (Å²) in [6.07, 6.45) is 4.67. The number of benzene rings is 7. The molecule has 0 fully saturated rings. The molecular formula is C63H61BN2O. The molecule has 0 bridgehead atoms. The molecule has 0 amide bonds. The van der Waals surface area contributed by atoms with Crippen molar-refractivity contribution >= 4 is 90.3 Å². The second kappa shape index (κ2) is 14.3. The third-order valence-electron chi connectivity index (χ3n) is 15.7. The van der Waals surface area contributed by atoms with Gasteiger partial charge < -0.3 is 14.2 Å². The Morgan fingerprint density at radius 2 is 1.07 bits per heavy atom. The second-order valence-electron chi connectivity index (χ2n) is 23.3. The molecule has 4 aliphatic rings. The van der Waals surface area contributed by atoms with Crippen molar-refractivity contribution < 1.29 is 4.42 Å². The van der Waals surface area contributed by atoms with Gasteiger partial charge in [0.05, 0.1) is 0 Å². The number of fused-ring (bicyclic) bond motifs is 9. The van der Waals surface area contributed by atoms with Crippen LogP contribution in [0.2, 0.25) is 0 Å². The van der Waals surface area contributed by atoms with Crippen molar-refractivity contribution in [3.05, 3.63) is 185 Å². The van der Waals surface area contributed by atoms with Gasteiger partial charge in [-0.05, 0) is 145 Å². The van der Waals surface area contributed by atoms with Gasteiger partial charge in [0.15, 0.2) is 0 Å². The molecule has 0 saturated heterocycles. The maximum Gasteiger partial charge on any atom is 0.252 e. The average Bonchev–Trinajstić information content (AvgIpc) is 3.78. The van der Waals surface area contributed by atoms with Gasteiger partial charge in [-0.15, -0.1) is 0 Å². The number of nitrogens with zero attached hydrogens (tertiary/aromatic N) is 2. The molecule has 67 heavy (non-hydrogen) atoms. The first-order valence-corrected chi connectivity index (χ1v) is 24.5. The average molecular weight is 873 g/mol. The monoisotopic (exact) mass is 872 g/mol. The molecule has 0 radical (unpaired) electrons. The Kier molecular flexibility index (Phi) is 8.91. The molecule has 0 unspecified atom stereocenters. The van der Waals surface area contributed by atoms with E-state index in [1.807, 2.05) is 0 Å². The zero-order valence-electron chi connectivity index (χ0n) is 41.2. The van der Waals surface area contributed by atoms with Gasteiger partial charge in [-0.1, -0.05) is 167 Å². The fourth-order valence-electron chi connectivity index (χ4n) is 11.9. The van der Waals surface area contributed by atoms with E-state index in [0.29, 0.717) is 0 Å². The molecule has 3 nitrogen and oxygen atoms in total. The van der Waals surface area contributed by atoms with Gasteiger partial charge in [0, 0.05) is 56.4 Å². The third-order valence-corrected chi connectivity index (χ3v) is 15.7. The first-order chi connectivity index (χ1) is 31.9. The maximum absolute atomic E-state index is 6.62. The molecule has 2 aliphatic heterocycles. The van der Waals surface area contributed by atoms with Crippen LogP contribution in [0.4, 0.5) is 34.1 Å². The first-order valence-electron chi connectivity index (χ1n) is 24.5. The van der Waals surface area contributed by atoms with Gasteiger partial charge in [0.1, 0.15) is 11.2 Å². The summed E-state index contributed by atoms with van der Waals surface area (Å²) in [7, 11) is 0. The van der Waals surface area contributed by atoms with Crippen molar-refractivity contribution in [1.82, 2.24) is 0 Å². The van der Waals surface area contributed by atoms with Crippen LogP contribution in [0.15, 0.2) is 156 Å². The Morgan fingerprint density at radius 1 is 0.522 bits per heavy atom. The summed E-state index contributed by atoms with van der Waals surface area (Å²) in [6, 6.07) is 53.5. The van der Waals surface area contributed by atoms with Gasteiger partial charge in [-0.25, -0.2) is 0 Å². The molecule has 4 heteroatoms. The van der Waals surface area contributed by atoms with Gasteiger partial charge in [0.2, 0.25) is 0 Å². The normalized spacial score (nSPS) is 16.2. The van der Waals surface area contributed by atoms with Crippen molar-refractivity contribution in [2.45, 2.75) is 111 Å². The van der Waals surface area contributed by atoms with Crippen LogP contribution >= 0.6 is 0 Å². The van der Waals surface area contributed by atoms with Gasteiger partial charge in [0.25, 0.3) is 6.71 Å². The largest absolute Gasteiger partial charge is 0.456 e. The Hall–Kier alpha value is -6.52. The maximum atomic E-state index is 6.62. The molecule has 8 aromatic rings. The molecular weight excluding hydrogens is 812 g/mol. The smallest absolute Gasteiger partial charge is 0.252 e. The summed E-state index contributed by atoms with van der Waals surface area (Å²) in [4.78, 5) is 5.15. The van der Waals surface area contributed by atoms with E-state index in [4.69, 9.17) is 4.42 Å². The standard InChI is InChI=1S/C63H61BN2O/c1-60(2,3)39-25-31-50-52(33-39)65(42-27-23-38(24-28-42)44-19-16-21-49-58(44)47-18-12-14-20-48(47)63(49,10)11)54-35-41(62(7,8)9)36-55-59(54)64(50)51-32-26-40(61(4,5)6)34-53(51)66(55)43-29-30-46-45-17-13-15-22-56(45)67-57(46)37-43/h12-15,17-20,22-37H,16,21H2,1-11H3. The Morgan fingerprint density at radius 3 is 1.72 bits per heavy atom. The summed E-state index contributed by atoms with van der Waals surface area (Å²) < 4.78 is 6.62. The molecule has 0 spiro atoms. The fraction of sp³-hybridized carbons (Fsp3) is 0.270. The molecule has 3 heterocycles. The van der Waals surface area contributed by atoms with Crippen molar-refractivity contribution in [2.75, 3.05) is 9.80 Å². The van der Waals surface area contributed by atoms with E-state index in [2.05, 4.69) is 232 Å². The number of furan rings is 1. The van der Waals surface area contributed by atoms with Crippen LogP contribution in [0, 0.1) is 0 Å². The highest BCUT2D eigenvalue weighted by atomic mass is 16.3. The molecule has 332 valence electrons. The molecule has 0 atom stereocenters. The number of hydrogen-bond donors (Lipinski definition) is 0. The van der Waals surface area contributed by atoms with Crippen molar-refractivity contribution in [1.29, 1.82) is 0 Å². The van der Waals surface area contributed by atoms with Crippen molar-refractivity contribution in [3.63, 3.8) is 0 Å². The molecule has 1 aromatic heterocycles. The summed E-state index contributed by atoms with van der Waals surface area (Å²) in [5.74, 6) is 0. The van der Waals surface area contributed by atoms with E-state index in [9.17, 15) is 0 Å². The lowest BCUT2D eigenvalue weighted by molar-refractivity contribution is 0.590. The van der Waals surface area contributed by atoms with Gasteiger partial charge in [-0.3, -0.25) is 0 Å². The topological polar surface area (TPSA) is 19.6 Å². The minimum atomic E-state index is -0.129. The lowest BCUT2D eigenvalue weighted by Crippen LogP contribution is -2.61. The molecule has 2 aliphatic carbocycles. The van der Waals surface area contributed by atoms with Crippen LogP contribution < -0.4 is 26.2 Å². The number of para-hydroxylation sites is 1. The quantitative estimate of drug-likeness (QED) is 0.165. The highest BCUT2D eigenvalue weighted by Crippen LogP contribution is 2.55. The predicted molar refractivity (Wildman–Crippen MR) is 287 cm³/mol. The Labute approximate surface area is 397 Å². The van der Waals surface area contributed by atoms with E-state index < -0.39 is 0 Å². The number of anilines is 6. The second-order valence-corrected chi connectivity index (χ2v) is 23.3. The van der Waals surface area contributed by atoms with Crippen molar-refractivity contribution in [3.8, 4) is 0 Å². The van der Waals surface area contributed by atoms with Crippen molar-refractivity contribution in [2.24, 2.45) is 0 Å². The zero-order valence-corrected chi connectivity index (χ0v) is 41.2. The van der Waals surface area contributed by atoms with Crippen LogP contribution in [-0.4, -0.2) is 6.71 Å². The van der Waals surface area contributed by atoms with Crippen LogP contribution in [-0.2, 0) is 21.7 Å². The lowest BCUT2D eigenvalue weighted by atomic mass is 9.33. The predicted octanol–water partition coefficient (Wildman–Crippen LogP) is 15.5. The molecule has 0 saturated carbocycles. The van der Waals surface area contributed by atoms with Crippen LogP contribution in [0.25, 0.3) is 33.1 Å². The van der Waals surface area contributed by atoms with Gasteiger partial charge in [-0.2, -0.15) is 0 Å². The number of hydrogen-bond acceptors (Lipinski definition) is 3. The minimum Gasteiger partial charge on any atom is -0.456 e. The minimum absolute atomic E-state index is 0.0253. The summed E-state index contributed by atoms with van der Waals surface area (Å²) >= 11 is 0. The first kappa shape index (κ1) is 41.9. The SMILES string of the molecule is CC(C)(C)c1ccc2c(c1)N(c1ccc(C3=CCCC4=C3c3ccccc3C4(C)C)cc1)c1cc(C(C)(C)C)cc3c1B2c1ccc(C(C)(C)C)cc1N3c1ccc2c(c1)oc1ccccc12. The highest BCUT2D eigenvalue weighted by molar-refractivity contribution is 7.00. The summed E-state index contributed by atoms with van der Waals surface area (Å²) in [5, 5.41) is 2.28. The van der Waals surface area contributed by atoms with Crippen LogP contribution in [0.1, 0.15) is 122 Å². The lowest BCUT2D eigenvalue weighted by Gasteiger charge is -2.45.